The normalized spacial score (nSPS) is 10.2. The fourth-order valence-electron chi connectivity index (χ4n) is 1.73. The Labute approximate surface area is 116 Å². The second-order valence-electron chi connectivity index (χ2n) is 4.19. The lowest BCUT2D eigenvalue weighted by atomic mass is 10.1. The average Bonchev–Trinajstić information content (AvgIpc) is 2.41. The van der Waals surface area contributed by atoms with E-state index in [0.717, 1.165) is 11.1 Å². The predicted octanol–water partition coefficient (Wildman–Crippen LogP) is 3.75. The van der Waals surface area contributed by atoms with Crippen LogP contribution in [0.1, 0.15) is 11.1 Å². The van der Waals surface area contributed by atoms with Gasteiger partial charge in [0.15, 0.2) is 0 Å². The van der Waals surface area contributed by atoms with Crippen LogP contribution < -0.4 is 5.32 Å². The van der Waals surface area contributed by atoms with Crippen molar-refractivity contribution in [3.8, 4) is 0 Å². The molecule has 0 bridgehead atoms. The van der Waals surface area contributed by atoms with E-state index in [9.17, 15) is 9.18 Å². The van der Waals surface area contributed by atoms with Crippen molar-refractivity contribution in [1.82, 2.24) is 0 Å². The van der Waals surface area contributed by atoms with Crippen LogP contribution in [0.2, 0.25) is 0 Å². The van der Waals surface area contributed by atoms with Gasteiger partial charge in [-0.15, -0.1) is 11.6 Å². The van der Waals surface area contributed by atoms with Gasteiger partial charge < -0.3 is 5.32 Å². The van der Waals surface area contributed by atoms with Crippen LogP contribution in [0, 0.1) is 5.82 Å². The summed E-state index contributed by atoms with van der Waals surface area (Å²) in [6.07, 6.45) is 0.214. The Hall–Kier alpha value is -1.87. The molecule has 0 saturated heterocycles. The number of alkyl halides is 1. The number of rotatable bonds is 4. The van der Waals surface area contributed by atoms with E-state index >= 15 is 0 Å². The van der Waals surface area contributed by atoms with Gasteiger partial charge in [-0.3, -0.25) is 4.79 Å². The van der Waals surface area contributed by atoms with E-state index in [-0.39, 0.29) is 18.1 Å². The molecule has 2 aromatic carbocycles. The second-order valence-corrected chi connectivity index (χ2v) is 4.45. The van der Waals surface area contributed by atoms with Crippen molar-refractivity contribution in [1.29, 1.82) is 0 Å². The molecular formula is C15H13ClFNO. The van der Waals surface area contributed by atoms with Crippen LogP contribution in [0.15, 0.2) is 48.5 Å². The SMILES string of the molecule is O=C(Cc1ccc(F)cc1)Nc1cccc(CCl)c1. The third kappa shape index (κ3) is 4.07. The Balaban J connectivity index is 1.99. The van der Waals surface area contributed by atoms with Gasteiger partial charge in [0, 0.05) is 11.6 Å². The maximum absolute atomic E-state index is 12.7. The molecule has 0 saturated carbocycles. The van der Waals surface area contributed by atoms with Crippen molar-refractivity contribution in [2.45, 2.75) is 12.3 Å². The van der Waals surface area contributed by atoms with Crippen molar-refractivity contribution in [2.24, 2.45) is 0 Å². The lowest BCUT2D eigenvalue weighted by molar-refractivity contribution is -0.115. The Morgan fingerprint density at radius 3 is 2.53 bits per heavy atom. The highest BCUT2D eigenvalue weighted by Gasteiger charge is 2.04. The zero-order chi connectivity index (χ0) is 13.7. The number of amides is 1. The number of halogens is 2. The molecule has 19 heavy (non-hydrogen) atoms. The average molecular weight is 278 g/mol. The molecule has 4 heteroatoms. The van der Waals surface area contributed by atoms with Crippen molar-refractivity contribution in [3.05, 3.63) is 65.5 Å². The number of hydrogen-bond acceptors (Lipinski definition) is 1. The van der Waals surface area contributed by atoms with Gasteiger partial charge in [0.05, 0.1) is 6.42 Å². The fourth-order valence-corrected chi connectivity index (χ4v) is 1.89. The number of carbonyl (C=O) groups is 1. The number of anilines is 1. The highest BCUT2D eigenvalue weighted by molar-refractivity contribution is 6.17. The minimum atomic E-state index is -0.307. The van der Waals surface area contributed by atoms with E-state index in [1.165, 1.54) is 12.1 Å². The standard InChI is InChI=1S/C15H13ClFNO/c16-10-12-2-1-3-14(8-12)18-15(19)9-11-4-6-13(17)7-5-11/h1-8H,9-10H2,(H,18,19). The summed E-state index contributed by atoms with van der Waals surface area (Å²) >= 11 is 5.73. The van der Waals surface area contributed by atoms with Crippen molar-refractivity contribution in [2.75, 3.05) is 5.32 Å². The number of nitrogens with one attached hydrogen (secondary N) is 1. The molecule has 2 aromatic rings. The maximum atomic E-state index is 12.7. The van der Waals surface area contributed by atoms with E-state index in [2.05, 4.69) is 5.32 Å². The summed E-state index contributed by atoms with van der Waals surface area (Å²) in [4.78, 5) is 11.8. The number of benzene rings is 2. The summed E-state index contributed by atoms with van der Waals surface area (Å²) in [6, 6.07) is 13.3. The van der Waals surface area contributed by atoms with E-state index < -0.39 is 0 Å². The van der Waals surface area contributed by atoms with Crippen LogP contribution in [-0.4, -0.2) is 5.91 Å². The molecule has 0 atom stereocenters. The van der Waals surface area contributed by atoms with E-state index in [0.29, 0.717) is 11.6 Å². The van der Waals surface area contributed by atoms with Gasteiger partial charge in [0.1, 0.15) is 5.82 Å². The van der Waals surface area contributed by atoms with Gasteiger partial charge >= 0.3 is 0 Å². The van der Waals surface area contributed by atoms with Crippen molar-refractivity contribution < 1.29 is 9.18 Å². The largest absolute Gasteiger partial charge is 0.326 e. The van der Waals surface area contributed by atoms with E-state index in [4.69, 9.17) is 11.6 Å². The molecule has 0 aliphatic rings. The molecule has 0 aliphatic carbocycles. The quantitative estimate of drug-likeness (QED) is 0.848. The minimum absolute atomic E-state index is 0.140. The molecule has 0 unspecified atom stereocenters. The van der Waals surface area contributed by atoms with Gasteiger partial charge in [-0.1, -0.05) is 24.3 Å². The summed E-state index contributed by atoms with van der Waals surface area (Å²) in [5.74, 6) is -0.0425. The molecule has 0 fully saturated rings. The monoisotopic (exact) mass is 277 g/mol. The molecule has 1 amide bonds. The van der Waals surface area contributed by atoms with Crippen LogP contribution in [0.3, 0.4) is 0 Å². The molecular weight excluding hydrogens is 265 g/mol. The molecule has 1 N–H and O–H groups in total. The topological polar surface area (TPSA) is 29.1 Å². The lowest BCUT2D eigenvalue weighted by Crippen LogP contribution is -2.14. The molecule has 2 nitrogen and oxygen atoms in total. The number of hydrogen-bond donors (Lipinski definition) is 1. The van der Waals surface area contributed by atoms with Crippen LogP contribution in [0.25, 0.3) is 0 Å². The zero-order valence-corrected chi connectivity index (χ0v) is 11.0. The van der Waals surface area contributed by atoms with Crippen molar-refractivity contribution >= 4 is 23.2 Å². The van der Waals surface area contributed by atoms with Crippen LogP contribution >= 0.6 is 11.6 Å². The van der Waals surface area contributed by atoms with Crippen molar-refractivity contribution in [3.63, 3.8) is 0 Å². The number of carbonyl (C=O) groups excluding carboxylic acids is 1. The third-order valence-corrected chi connectivity index (χ3v) is 2.95. The first-order valence-electron chi connectivity index (χ1n) is 5.86. The van der Waals surface area contributed by atoms with Crippen LogP contribution in [0.4, 0.5) is 10.1 Å². The molecule has 0 radical (unpaired) electrons. The fraction of sp³-hybridized carbons (Fsp3) is 0.133. The van der Waals surface area contributed by atoms with Crippen LogP contribution in [0.5, 0.6) is 0 Å². The second kappa shape index (κ2) is 6.34. The van der Waals surface area contributed by atoms with E-state index in [1.807, 2.05) is 18.2 Å². The molecule has 2 rings (SSSR count). The van der Waals surface area contributed by atoms with E-state index in [1.54, 1.807) is 18.2 Å². The summed E-state index contributed by atoms with van der Waals surface area (Å²) < 4.78 is 12.7. The van der Waals surface area contributed by atoms with Gasteiger partial charge in [0.2, 0.25) is 5.91 Å². The molecule has 0 aromatic heterocycles. The zero-order valence-electron chi connectivity index (χ0n) is 10.2. The predicted molar refractivity (Wildman–Crippen MR) is 74.7 cm³/mol. The summed E-state index contributed by atoms with van der Waals surface area (Å²) in [5.41, 5.74) is 2.43. The Morgan fingerprint density at radius 1 is 1.11 bits per heavy atom. The first-order valence-corrected chi connectivity index (χ1v) is 6.40. The highest BCUT2D eigenvalue weighted by Crippen LogP contribution is 2.13. The molecule has 0 spiro atoms. The lowest BCUT2D eigenvalue weighted by Gasteiger charge is -2.06. The highest BCUT2D eigenvalue weighted by atomic mass is 35.5. The molecule has 98 valence electrons. The van der Waals surface area contributed by atoms with Gasteiger partial charge in [-0.2, -0.15) is 0 Å². The summed E-state index contributed by atoms with van der Waals surface area (Å²) in [7, 11) is 0. The first-order chi connectivity index (χ1) is 9.17. The first kappa shape index (κ1) is 13.6. The third-order valence-electron chi connectivity index (χ3n) is 2.64. The maximum Gasteiger partial charge on any atom is 0.228 e. The Kier molecular flexibility index (Phi) is 4.53. The minimum Gasteiger partial charge on any atom is -0.326 e. The summed E-state index contributed by atoms with van der Waals surface area (Å²) in [6.45, 7) is 0. The van der Waals surface area contributed by atoms with Crippen LogP contribution in [-0.2, 0) is 17.1 Å². The van der Waals surface area contributed by atoms with Gasteiger partial charge in [0.25, 0.3) is 0 Å². The Morgan fingerprint density at radius 2 is 1.84 bits per heavy atom. The smallest absolute Gasteiger partial charge is 0.228 e. The Bertz CT molecular complexity index is 569. The molecule has 0 aliphatic heterocycles. The molecule has 0 heterocycles. The van der Waals surface area contributed by atoms with Gasteiger partial charge in [-0.25, -0.2) is 4.39 Å². The summed E-state index contributed by atoms with van der Waals surface area (Å²) in [5, 5.41) is 2.79. The van der Waals surface area contributed by atoms with Gasteiger partial charge in [-0.05, 0) is 35.4 Å².